The number of hydrogen-bond donors (Lipinski definition) is 2. The van der Waals surface area contributed by atoms with E-state index >= 15 is 0 Å². The molecule has 31 heavy (non-hydrogen) atoms. The lowest BCUT2D eigenvalue weighted by Crippen LogP contribution is -2.32. The molecule has 0 aliphatic carbocycles. The molecule has 1 unspecified atom stereocenters. The van der Waals surface area contributed by atoms with Crippen LogP contribution in [0.2, 0.25) is 0 Å². The van der Waals surface area contributed by atoms with Gasteiger partial charge in [-0.3, -0.25) is 4.79 Å². The van der Waals surface area contributed by atoms with E-state index < -0.39 is 6.04 Å². The molecule has 0 heterocycles. The van der Waals surface area contributed by atoms with Crippen LogP contribution in [0.4, 0.5) is 11.4 Å². The minimum atomic E-state index is -0.402. The molecule has 0 spiro atoms. The number of carbonyl (C=O) groups is 1. The molecule has 2 N–H and O–H groups in total. The maximum Gasteiger partial charge on any atom is 0.246 e. The quantitative estimate of drug-likeness (QED) is 0.497. The lowest BCUT2D eigenvalue weighted by atomic mass is 10.0. The minimum absolute atomic E-state index is 0.0919. The molecule has 0 saturated carbocycles. The number of nitriles is 1. The normalized spacial score (nSPS) is 11.5. The molecule has 0 aliphatic rings. The summed E-state index contributed by atoms with van der Waals surface area (Å²) in [6.07, 6.45) is 0. The summed E-state index contributed by atoms with van der Waals surface area (Å²) in [5.74, 6) is 0.955. The van der Waals surface area contributed by atoms with Crippen molar-refractivity contribution in [3.8, 4) is 11.8 Å². The van der Waals surface area contributed by atoms with Crippen LogP contribution in [0.1, 0.15) is 43.4 Å². The number of nitrogens with one attached hydrogen (secondary N) is 2. The van der Waals surface area contributed by atoms with E-state index in [1.807, 2.05) is 73.7 Å². The third-order valence-electron chi connectivity index (χ3n) is 4.93. The Morgan fingerprint density at radius 2 is 1.74 bits per heavy atom. The van der Waals surface area contributed by atoms with E-state index in [1.54, 1.807) is 6.07 Å². The number of hydrogen-bond acceptors (Lipinski definition) is 4. The van der Waals surface area contributed by atoms with E-state index in [-0.39, 0.29) is 5.91 Å². The summed E-state index contributed by atoms with van der Waals surface area (Å²) in [5.41, 5.74) is 4.35. The van der Waals surface area contributed by atoms with Gasteiger partial charge in [-0.15, -0.1) is 0 Å². The largest absolute Gasteiger partial charge is 0.489 e. The van der Waals surface area contributed by atoms with Gasteiger partial charge in [-0.1, -0.05) is 44.2 Å². The minimum Gasteiger partial charge on any atom is -0.489 e. The zero-order chi connectivity index (χ0) is 22.2. The van der Waals surface area contributed by atoms with Gasteiger partial charge in [0.05, 0.1) is 11.6 Å². The van der Waals surface area contributed by atoms with Crippen LogP contribution in [0.15, 0.2) is 72.8 Å². The van der Waals surface area contributed by atoms with Gasteiger partial charge in [-0.2, -0.15) is 5.26 Å². The molecule has 1 amide bonds. The van der Waals surface area contributed by atoms with Crippen molar-refractivity contribution in [2.75, 3.05) is 10.6 Å². The Morgan fingerprint density at radius 1 is 1.00 bits per heavy atom. The maximum absolute atomic E-state index is 12.6. The summed E-state index contributed by atoms with van der Waals surface area (Å²) >= 11 is 0. The molecule has 3 aromatic carbocycles. The number of nitrogens with zero attached hydrogens (tertiary/aromatic N) is 1. The first kappa shape index (κ1) is 21.9. The predicted octanol–water partition coefficient (Wildman–Crippen LogP) is 5.70. The fourth-order valence-corrected chi connectivity index (χ4v) is 3.22. The first-order valence-corrected chi connectivity index (χ1v) is 10.3. The third kappa shape index (κ3) is 6.10. The van der Waals surface area contributed by atoms with E-state index in [2.05, 4.69) is 30.6 Å². The maximum atomic E-state index is 12.6. The molecule has 1 atom stereocenters. The first-order chi connectivity index (χ1) is 15.0. The predicted molar refractivity (Wildman–Crippen MR) is 124 cm³/mol. The fourth-order valence-electron chi connectivity index (χ4n) is 3.22. The third-order valence-corrected chi connectivity index (χ3v) is 4.93. The number of benzene rings is 3. The van der Waals surface area contributed by atoms with Crippen LogP contribution in [0.3, 0.4) is 0 Å². The van der Waals surface area contributed by atoms with Crippen molar-refractivity contribution >= 4 is 17.3 Å². The van der Waals surface area contributed by atoms with Crippen LogP contribution in [-0.4, -0.2) is 11.9 Å². The molecular formula is C26H27N3O2. The Balaban J connectivity index is 1.55. The molecule has 0 bridgehead atoms. The molecule has 0 radical (unpaired) electrons. The van der Waals surface area contributed by atoms with Gasteiger partial charge in [0.25, 0.3) is 0 Å². The van der Waals surface area contributed by atoms with Gasteiger partial charge in [0.2, 0.25) is 5.91 Å². The lowest BCUT2D eigenvalue weighted by molar-refractivity contribution is -0.116. The first-order valence-electron chi connectivity index (χ1n) is 10.3. The Labute approximate surface area is 183 Å². The summed E-state index contributed by atoms with van der Waals surface area (Å²) in [4.78, 5) is 12.6. The monoisotopic (exact) mass is 413 g/mol. The number of anilines is 2. The molecule has 0 fully saturated rings. The van der Waals surface area contributed by atoms with Crippen molar-refractivity contribution in [2.45, 2.75) is 39.3 Å². The van der Waals surface area contributed by atoms with E-state index in [0.29, 0.717) is 18.1 Å². The summed E-state index contributed by atoms with van der Waals surface area (Å²) in [7, 11) is 0. The number of carbonyl (C=O) groups excluding carboxylic acids is 1. The van der Waals surface area contributed by atoms with Crippen LogP contribution in [-0.2, 0) is 11.4 Å². The lowest BCUT2D eigenvalue weighted by Gasteiger charge is -2.18. The van der Waals surface area contributed by atoms with E-state index in [4.69, 9.17) is 10.00 Å². The van der Waals surface area contributed by atoms with Gasteiger partial charge in [-0.25, -0.2) is 0 Å². The van der Waals surface area contributed by atoms with Crippen LogP contribution in [0.5, 0.6) is 5.75 Å². The van der Waals surface area contributed by atoms with E-state index in [1.165, 1.54) is 0 Å². The highest BCUT2D eigenvalue weighted by Gasteiger charge is 2.15. The molecule has 5 nitrogen and oxygen atoms in total. The zero-order valence-corrected chi connectivity index (χ0v) is 18.1. The van der Waals surface area contributed by atoms with Crippen molar-refractivity contribution in [3.05, 3.63) is 89.5 Å². The average Bonchev–Trinajstić information content (AvgIpc) is 2.79. The topological polar surface area (TPSA) is 74.1 Å². The summed E-state index contributed by atoms with van der Waals surface area (Å²) in [5, 5.41) is 15.2. The van der Waals surface area contributed by atoms with Crippen LogP contribution in [0.25, 0.3) is 0 Å². The van der Waals surface area contributed by atoms with Crippen LogP contribution >= 0.6 is 0 Å². The van der Waals surface area contributed by atoms with Gasteiger partial charge < -0.3 is 15.4 Å². The van der Waals surface area contributed by atoms with Crippen molar-refractivity contribution in [1.82, 2.24) is 0 Å². The van der Waals surface area contributed by atoms with Gasteiger partial charge in [0, 0.05) is 11.4 Å². The number of amides is 1. The highest BCUT2D eigenvalue weighted by molar-refractivity contribution is 5.96. The Kier molecular flexibility index (Phi) is 7.29. The Hall–Kier alpha value is -3.78. The van der Waals surface area contributed by atoms with Gasteiger partial charge in [0.15, 0.2) is 0 Å². The SMILES string of the molecule is CC(Nc1ccc(OCc2cccc(C#N)c2)cc1)C(=O)Nc1ccccc1C(C)C. The van der Waals surface area contributed by atoms with E-state index in [0.717, 1.165) is 28.3 Å². The average molecular weight is 414 g/mol. The van der Waals surface area contributed by atoms with Gasteiger partial charge in [0.1, 0.15) is 18.4 Å². The highest BCUT2D eigenvalue weighted by atomic mass is 16.5. The van der Waals surface area contributed by atoms with Crippen molar-refractivity contribution in [2.24, 2.45) is 0 Å². The van der Waals surface area contributed by atoms with E-state index in [9.17, 15) is 4.79 Å². The molecule has 0 aromatic heterocycles. The second-order valence-corrected chi connectivity index (χ2v) is 7.72. The van der Waals surface area contributed by atoms with Gasteiger partial charge >= 0.3 is 0 Å². The molecular weight excluding hydrogens is 386 g/mol. The number of ether oxygens (including phenoxy) is 1. The second-order valence-electron chi connectivity index (χ2n) is 7.72. The van der Waals surface area contributed by atoms with Gasteiger partial charge in [-0.05, 0) is 66.4 Å². The molecule has 0 aliphatic heterocycles. The molecule has 3 aromatic rings. The van der Waals surface area contributed by atoms with Crippen LogP contribution < -0.4 is 15.4 Å². The zero-order valence-electron chi connectivity index (χ0n) is 18.1. The highest BCUT2D eigenvalue weighted by Crippen LogP contribution is 2.24. The molecule has 5 heteroatoms. The van der Waals surface area contributed by atoms with Crippen molar-refractivity contribution in [3.63, 3.8) is 0 Å². The Bertz CT molecular complexity index is 1070. The molecule has 158 valence electrons. The molecule has 3 rings (SSSR count). The smallest absolute Gasteiger partial charge is 0.246 e. The summed E-state index contributed by atoms with van der Waals surface area (Å²) in [6.45, 7) is 6.43. The summed E-state index contributed by atoms with van der Waals surface area (Å²) < 4.78 is 5.80. The number of para-hydroxylation sites is 1. The Morgan fingerprint density at radius 3 is 2.45 bits per heavy atom. The second kappa shape index (κ2) is 10.3. The standard InChI is InChI=1S/C26H27N3O2/c1-18(2)24-9-4-5-10-25(24)29-26(30)19(3)28-22-11-13-23(14-12-22)31-17-21-8-6-7-20(15-21)16-27/h4-15,18-19,28H,17H2,1-3H3,(H,29,30). The van der Waals surface area contributed by atoms with Crippen LogP contribution in [0, 0.1) is 11.3 Å². The number of rotatable bonds is 8. The summed E-state index contributed by atoms with van der Waals surface area (Å²) in [6, 6.07) is 24.4. The molecule has 0 saturated heterocycles. The fraction of sp³-hybridized carbons (Fsp3) is 0.231. The van der Waals surface area contributed by atoms with Crippen molar-refractivity contribution in [1.29, 1.82) is 5.26 Å². The van der Waals surface area contributed by atoms with Crippen molar-refractivity contribution < 1.29 is 9.53 Å².